The predicted octanol–water partition coefficient (Wildman–Crippen LogP) is 17.3. The van der Waals surface area contributed by atoms with Gasteiger partial charge in [0.05, 0.1) is 10.8 Å². The molecule has 1 atom stereocenters. The maximum absolute atomic E-state index is 7.02. The van der Waals surface area contributed by atoms with Crippen LogP contribution in [0.4, 0.5) is 0 Å². The van der Waals surface area contributed by atoms with Gasteiger partial charge in [0.1, 0.15) is 11.5 Å². The van der Waals surface area contributed by atoms with Gasteiger partial charge in [-0.3, -0.25) is 0 Å². The van der Waals surface area contributed by atoms with Gasteiger partial charge >= 0.3 is 0 Å². The van der Waals surface area contributed by atoms with E-state index in [1.54, 1.807) is 0 Å². The first-order chi connectivity index (χ1) is 34.2. The third-order valence-corrected chi connectivity index (χ3v) is 16.3. The van der Waals surface area contributed by atoms with E-state index in [4.69, 9.17) is 4.74 Å². The molecule has 0 saturated carbocycles. The fourth-order valence-electron chi connectivity index (χ4n) is 13.6. The van der Waals surface area contributed by atoms with Crippen LogP contribution in [-0.2, 0) is 10.8 Å². The molecule has 0 N–H and O–H groups in total. The van der Waals surface area contributed by atoms with E-state index in [2.05, 4.69) is 243 Å². The van der Waals surface area contributed by atoms with Crippen molar-refractivity contribution in [1.82, 2.24) is 0 Å². The minimum atomic E-state index is -0.576. The van der Waals surface area contributed by atoms with Crippen LogP contribution in [0.1, 0.15) is 44.5 Å². The standard InChI is InChI=1S/C68H40O/c1-2-17-43-40-65-63(37-42(43)16-1)68(57-26-12-7-21-51(57)52-22-8-13-27-58(52)68)62-39-45(31-36-64(62)69-65)47-34-33-46(49-19-5-6-20-50(47)49)44-29-32-54-53-23-9-11-25-56(53)67(61(54)38-44)59-28-14-10-24-55(59)66-48-18-4-3-15-41(48)30-35-60(66)67/h1-40H. The molecule has 1 unspecified atom stereocenters. The van der Waals surface area contributed by atoms with Crippen molar-refractivity contribution in [3.8, 4) is 67.1 Å². The number of ether oxygens (including phenoxy) is 1. The lowest BCUT2D eigenvalue weighted by molar-refractivity contribution is 0.437. The van der Waals surface area contributed by atoms with E-state index in [1.807, 2.05) is 0 Å². The summed E-state index contributed by atoms with van der Waals surface area (Å²) < 4.78 is 7.02. The molecule has 0 amide bonds. The van der Waals surface area contributed by atoms with Gasteiger partial charge in [0.15, 0.2) is 0 Å². The van der Waals surface area contributed by atoms with Gasteiger partial charge in [-0.25, -0.2) is 0 Å². The second kappa shape index (κ2) is 13.4. The molecule has 0 saturated heterocycles. The van der Waals surface area contributed by atoms with Crippen molar-refractivity contribution in [2.24, 2.45) is 0 Å². The van der Waals surface area contributed by atoms with Gasteiger partial charge in [-0.05, 0) is 152 Å². The number of hydrogen-bond acceptors (Lipinski definition) is 1. The molecule has 0 radical (unpaired) electrons. The normalized spacial score (nSPS) is 15.8. The zero-order valence-corrected chi connectivity index (χ0v) is 37.5. The summed E-state index contributed by atoms with van der Waals surface area (Å²) in [5, 5.41) is 7.41. The number of hydrogen-bond donors (Lipinski definition) is 0. The Morgan fingerprint density at radius 3 is 1.30 bits per heavy atom. The maximum Gasteiger partial charge on any atom is 0.132 e. The Morgan fingerprint density at radius 1 is 0.232 bits per heavy atom. The molecule has 12 aromatic carbocycles. The molecule has 318 valence electrons. The number of rotatable bonds is 2. The number of benzene rings is 12. The lowest BCUT2D eigenvalue weighted by Gasteiger charge is -2.40. The first kappa shape index (κ1) is 37.3. The lowest BCUT2D eigenvalue weighted by atomic mass is 9.65. The van der Waals surface area contributed by atoms with Gasteiger partial charge in [-0.15, -0.1) is 0 Å². The molecule has 1 heterocycles. The van der Waals surface area contributed by atoms with Crippen LogP contribution in [0.15, 0.2) is 243 Å². The van der Waals surface area contributed by atoms with Crippen molar-refractivity contribution in [2.75, 3.05) is 0 Å². The summed E-state index contributed by atoms with van der Waals surface area (Å²) in [7, 11) is 0. The Bertz CT molecular complexity index is 4200. The molecule has 16 rings (SSSR count). The summed E-state index contributed by atoms with van der Waals surface area (Å²) >= 11 is 0. The molecule has 0 fully saturated rings. The molecule has 1 aliphatic heterocycles. The lowest BCUT2D eigenvalue weighted by Crippen LogP contribution is -2.32. The van der Waals surface area contributed by atoms with Gasteiger partial charge in [-0.1, -0.05) is 212 Å². The van der Waals surface area contributed by atoms with Gasteiger partial charge in [-0.2, -0.15) is 0 Å². The van der Waals surface area contributed by atoms with E-state index in [1.165, 1.54) is 132 Å². The van der Waals surface area contributed by atoms with Gasteiger partial charge in [0.2, 0.25) is 0 Å². The first-order valence-electron chi connectivity index (χ1n) is 24.2. The van der Waals surface area contributed by atoms with E-state index in [0.717, 1.165) is 11.5 Å². The molecule has 3 aliphatic carbocycles. The molecular weight excluding hydrogens is 833 g/mol. The summed E-state index contributed by atoms with van der Waals surface area (Å²) in [5.41, 5.74) is 22.0. The highest BCUT2D eigenvalue weighted by molar-refractivity contribution is 6.08. The van der Waals surface area contributed by atoms with Gasteiger partial charge < -0.3 is 4.74 Å². The monoisotopic (exact) mass is 872 g/mol. The van der Waals surface area contributed by atoms with Crippen molar-refractivity contribution < 1.29 is 4.74 Å². The zero-order chi connectivity index (χ0) is 45.0. The van der Waals surface area contributed by atoms with E-state index >= 15 is 0 Å². The van der Waals surface area contributed by atoms with E-state index in [-0.39, 0.29) is 0 Å². The van der Waals surface area contributed by atoms with E-state index in [9.17, 15) is 0 Å². The second-order valence-electron chi connectivity index (χ2n) is 19.4. The second-order valence-corrected chi connectivity index (χ2v) is 19.4. The number of fused-ring (bicyclic) bond motifs is 23. The highest BCUT2D eigenvalue weighted by atomic mass is 16.5. The van der Waals surface area contributed by atoms with Crippen molar-refractivity contribution in [3.05, 3.63) is 287 Å². The summed E-state index contributed by atoms with van der Waals surface area (Å²) in [5.74, 6) is 1.80. The largest absolute Gasteiger partial charge is 0.457 e. The molecule has 0 aromatic heterocycles. The minimum absolute atomic E-state index is 0.447. The zero-order valence-electron chi connectivity index (χ0n) is 37.5. The highest BCUT2D eigenvalue weighted by Crippen LogP contribution is 2.65. The topological polar surface area (TPSA) is 9.23 Å². The summed E-state index contributed by atoms with van der Waals surface area (Å²) in [4.78, 5) is 0. The van der Waals surface area contributed by atoms with Crippen LogP contribution in [-0.4, -0.2) is 0 Å². The highest BCUT2D eigenvalue weighted by Gasteiger charge is 2.53. The Morgan fingerprint density at radius 2 is 0.667 bits per heavy atom. The molecule has 69 heavy (non-hydrogen) atoms. The SMILES string of the molecule is c1ccc2c(c1)-c1ccccc1C21c2cc(-c3ccc(-c4ccc5c(c4)C4(c6ccccc6-5)c5ccccc5-c5c4ccc4ccccc54)c4ccccc34)ccc2Oc2cc3ccccc3cc21. The fourth-order valence-corrected chi connectivity index (χ4v) is 13.6. The van der Waals surface area contributed by atoms with Crippen LogP contribution in [0, 0.1) is 0 Å². The van der Waals surface area contributed by atoms with Gasteiger partial charge in [0.25, 0.3) is 0 Å². The molecule has 2 spiro atoms. The van der Waals surface area contributed by atoms with Crippen LogP contribution in [0.3, 0.4) is 0 Å². The first-order valence-corrected chi connectivity index (χ1v) is 24.2. The Kier molecular flexibility index (Phi) is 7.27. The minimum Gasteiger partial charge on any atom is -0.457 e. The molecular formula is C68H40O. The molecule has 1 heteroatoms. The Labute approximate surface area is 400 Å². The van der Waals surface area contributed by atoms with Crippen LogP contribution in [0.25, 0.3) is 88.0 Å². The van der Waals surface area contributed by atoms with E-state index in [0.29, 0.717) is 0 Å². The van der Waals surface area contributed by atoms with Gasteiger partial charge in [0, 0.05) is 11.1 Å². The predicted molar refractivity (Wildman–Crippen MR) is 284 cm³/mol. The van der Waals surface area contributed by atoms with Crippen LogP contribution < -0.4 is 4.74 Å². The van der Waals surface area contributed by atoms with Crippen LogP contribution in [0.5, 0.6) is 11.5 Å². The maximum atomic E-state index is 7.02. The van der Waals surface area contributed by atoms with Crippen LogP contribution in [0.2, 0.25) is 0 Å². The average molecular weight is 873 g/mol. The quantitative estimate of drug-likeness (QED) is 0.168. The third kappa shape index (κ3) is 4.65. The summed E-state index contributed by atoms with van der Waals surface area (Å²) in [6.45, 7) is 0. The smallest absolute Gasteiger partial charge is 0.132 e. The molecule has 4 aliphatic rings. The third-order valence-electron chi connectivity index (χ3n) is 16.3. The Hall–Kier alpha value is -8.78. The Balaban J connectivity index is 0.904. The van der Waals surface area contributed by atoms with Crippen molar-refractivity contribution in [1.29, 1.82) is 0 Å². The van der Waals surface area contributed by atoms with Crippen molar-refractivity contribution >= 4 is 32.3 Å². The molecule has 1 nitrogen and oxygen atoms in total. The van der Waals surface area contributed by atoms with Crippen molar-refractivity contribution in [3.63, 3.8) is 0 Å². The fraction of sp³-hybridized carbons (Fsp3) is 0.0294. The van der Waals surface area contributed by atoms with Crippen LogP contribution >= 0.6 is 0 Å². The van der Waals surface area contributed by atoms with Crippen molar-refractivity contribution in [2.45, 2.75) is 10.8 Å². The molecule has 12 aromatic rings. The molecule has 0 bridgehead atoms. The summed E-state index contributed by atoms with van der Waals surface area (Å²) in [6, 6.07) is 91.1. The average Bonchev–Trinajstić information content (AvgIpc) is 4.01. The summed E-state index contributed by atoms with van der Waals surface area (Å²) in [6.07, 6.45) is 0. The van der Waals surface area contributed by atoms with E-state index < -0.39 is 10.8 Å².